The minimum absolute atomic E-state index is 0.000739. The molecule has 2 aromatic rings. The van der Waals surface area contributed by atoms with Gasteiger partial charge in [-0.1, -0.05) is 44.7 Å². The van der Waals surface area contributed by atoms with Crippen molar-refractivity contribution in [3.63, 3.8) is 0 Å². The van der Waals surface area contributed by atoms with Gasteiger partial charge in [-0.15, -0.1) is 0 Å². The standard InChI is InChI=1S/C28H30BrFN4O3S/c1-3-5-6-7-8-9-24-33-34-26(31)21(27(35)32-28(34)38-24)14-19-15-22(29)25(23(16-19)36-4-2)37-17-18-10-12-20(30)13-11-18/h10-16,31H,3-9,17H2,1-2H3/b21-14-,31-26?. The number of rotatable bonds is 12. The molecule has 0 saturated heterocycles. The number of carbonyl (C=O) groups excluding carboxylic acids is 1. The quantitative estimate of drug-likeness (QED) is 0.201. The second kappa shape index (κ2) is 13.2. The van der Waals surface area contributed by atoms with Gasteiger partial charge < -0.3 is 9.47 Å². The zero-order valence-electron chi connectivity index (χ0n) is 21.4. The average Bonchev–Trinajstić information content (AvgIpc) is 3.30. The summed E-state index contributed by atoms with van der Waals surface area (Å²) in [5, 5.41) is 16.0. The van der Waals surface area contributed by atoms with Gasteiger partial charge in [-0.25, -0.2) is 4.39 Å². The van der Waals surface area contributed by atoms with Crippen LogP contribution in [-0.2, 0) is 11.4 Å². The number of amides is 1. The maximum Gasteiger partial charge on any atom is 0.283 e. The predicted molar refractivity (Wildman–Crippen MR) is 154 cm³/mol. The fraction of sp³-hybridized carbons (Fsp3) is 0.357. The minimum Gasteiger partial charge on any atom is -0.490 e. The van der Waals surface area contributed by atoms with E-state index in [1.807, 2.05) is 6.92 Å². The smallest absolute Gasteiger partial charge is 0.283 e. The van der Waals surface area contributed by atoms with E-state index >= 15 is 0 Å². The Morgan fingerprint density at radius 2 is 1.87 bits per heavy atom. The van der Waals surface area contributed by atoms with Gasteiger partial charge in [-0.2, -0.15) is 15.1 Å². The maximum absolute atomic E-state index is 13.2. The third kappa shape index (κ3) is 6.91. The van der Waals surface area contributed by atoms with Crippen molar-refractivity contribution in [1.29, 1.82) is 5.41 Å². The van der Waals surface area contributed by atoms with Crippen LogP contribution in [0, 0.1) is 11.2 Å². The number of thioether (sulfide) groups is 1. The van der Waals surface area contributed by atoms with Crippen molar-refractivity contribution in [2.45, 2.75) is 59.0 Å². The molecule has 0 saturated carbocycles. The monoisotopic (exact) mass is 600 g/mol. The van der Waals surface area contributed by atoms with Gasteiger partial charge in [0, 0.05) is 0 Å². The Morgan fingerprint density at radius 3 is 2.61 bits per heavy atom. The van der Waals surface area contributed by atoms with Crippen molar-refractivity contribution in [3.05, 3.63) is 63.4 Å². The number of hydrazone groups is 1. The van der Waals surface area contributed by atoms with E-state index in [0.29, 0.717) is 33.3 Å². The minimum atomic E-state index is -0.473. The van der Waals surface area contributed by atoms with Crippen LogP contribution in [0.2, 0.25) is 0 Å². The van der Waals surface area contributed by atoms with Crippen molar-refractivity contribution in [1.82, 2.24) is 5.01 Å². The van der Waals surface area contributed by atoms with Crippen molar-refractivity contribution >= 4 is 55.7 Å². The number of carbonyl (C=O) groups is 1. The summed E-state index contributed by atoms with van der Waals surface area (Å²) >= 11 is 4.91. The molecule has 0 fully saturated rings. The summed E-state index contributed by atoms with van der Waals surface area (Å²) < 4.78 is 25.6. The zero-order valence-corrected chi connectivity index (χ0v) is 23.8. The molecule has 2 aliphatic heterocycles. The van der Waals surface area contributed by atoms with E-state index in [1.54, 1.807) is 30.3 Å². The summed E-state index contributed by atoms with van der Waals surface area (Å²) in [5.74, 6) is 0.194. The maximum atomic E-state index is 13.2. The molecule has 0 bridgehead atoms. The molecular weight excluding hydrogens is 571 g/mol. The van der Waals surface area contributed by atoms with Crippen molar-refractivity contribution in [2.24, 2.45) is 10.1 Å². The number of fused-ring (bicyclic) bond motifs is 1. The highest BCUT2D eigenvalue weighted by atomic mass is 79.9. The molecule has 10 heteroatoms. The summed E-state index contributed by atoms with van der Waals surface area (Å²) in [6, 6.07) is 9.64. The summed E-state index contributed by atoms with van der Waals surface area (Å²) in [4.78, 5) is 17.1. The molecule has 1 N–H and O–H groups in total. The fourth-order valence-electron chi connectivity index (χ4n) is 3.99. The van der Waals surface area contributed by atoms with Gasteiger partial charge >= 0.3 is 0 Å². The molecular formula is C28H30BrFN4O3S. The van der Waals surface area contributed by atoms with Crippen LogP contribution in [0.15, 0.2) is 56.5 Å². The molecule has 1 amide bonds. The van der Waals surface area contributed by atoms with E-state index in [4.69, 9.17) is 14.9 Å². The summed E-state index contributed by atoms with van der Waals surface area (Å²) in [6.07, 6.45) is 8.23. The lowest BCUT2D eigenvalue weighted by atomic mass is 10.1. The first-order valence-corrected chi connectivity index (χ1v) is 14.3. The van der Waals surface area contributed by atoms with Crippen LogP contribution in [0.4, 0.5) is 4.39 Å². The van der Waals surface area contributed by atoms with Crippen LogP contribution in [0.5, 0.6) is 11.5 Å². The number of aliphatic imine (C=N–C) groups is 1. The normalized spacial score (nSPS) is 16.0. The number of nitrogens with zero attached hydrogens (tertiary/aromatic N) is 3. The topological polar surface area (TPSA) is 87.3 Å². The second-order valence-corrected chi connectivity index (χ2v) is 10.8. The SMILES string of the molecule is CCCCCCCC1=NN2C(=N)/C(=C/c3cc(Br)c(OCc4ccc(F)cc4)c(OCC)c3)C(=O)N=C2S1. The van der Waals surface area contributed by atoms with Crippen LogP contribution in [0.3, 0.4) is 0 Å². The molecule has 0 atom stereocenters. The van der Waals surface area contributed by atoms with Gasteiger partial charge in [0.1, 0.15) is 17.5 Å². The van der Waals surface area contributed by atoms with E-state index in [0.717, 1.165) is 29.9 Å². The van der Waals surface area contributed by atoms with Gasteiger partial charge in [0.15, 0.2) is 17.3 Å². The summed E-state index contributed by atoms with van der Waals surface area (Å²) in [7, 11) is 0. The summed E-state index contributed by atoms with van der Waals surface area (Å²) in [6.45, 7) is 4.69. The first kappa shape index (κ1) is 28.0. The van der Waals surface area contributed by atoms with Crippen molar-refractivity contribution in [2.75, 3.05) is 6.61 Å². The number of hydrogen-bond donors (Lipinski definition) is 1. The first-order valence-electron chi connectivity index (χ1n) is 12.7. The van der Waals surface area contributed by atoms with Crippen LogP contribution in [0.1, 0.15) is 63.5 Å². The number of unbranched alkanes of at least 4 members (excludes halogenated alkanes) is 4. The van der Waals surface area contributed by atoms with Gasteiger partial charge in [-0.3, -0.25) is 10.2 Å². The molecule has 2 aromatic carbocycles. The van der Waals surface area contributed by atoms with Crippen LogP contribution in [-0.4, -0.2) is 33.6 Å². The molecule has 38 heavy (non-hydrogen) atoms. The Hall–Kier alpha value is -2.98. The zero-order chi connectivity index (χ0) is 27.1. The molecule has 2 heterocycles. The highest BCUT2D eigenvalue weighted by Gasteiger charge is 2.35. The highest BCUT2D eigenvalue weighted by molar-refractivity contribution is 9.10. The third-order valence-electron chi connectivity index (χ3n) is 5.93. The fourth-order valence-corrected chi connectivity index (χ4v) is 5.49. The van der Waals surface area contributed by atoms with E-state index in [9.17, 15) is 9.18 Å². The number of nitrogens with one attached hydrogen (secondary N) is 1. The summed E-state index contributed by atoms with van der Waals surface area (Å²) in [5.41, 5.74) is 1.61. The molecule has 0 spiro atoms. The molecule has 200 valence electrons. The average molecular weight is 602 g/mol. The Morgan fingerprint density at radius 1 is 1.11 bits per heavy atom. The molecule has 0 aliphatic carbocycles. The van der Waals surface area contributed by atoms with Gasteiger partial charge in [0.05, 0.1) is 16.7 Å². The Labute approximate surface area is 234 Å². The Bertz CT molecular complexity index is 1290. The van der Waals surface area contributed by atoms with E-state index in [1.165, 1.54) is 48.2 Å². The number of benzene rings is 2. The van der Waals surface area contributed by atoms with Crippen molar-refractivity contribution < 1.29 is 18.7 Å². The first-order chi connectivity index (χ1) is 18.4. The van der Waals surface area contributed by atoms with Gasteiger partial charge in [0.2, 0.25) is 5.17 Å². The lowest BCUT2D eigenvalue weighted by molar-refractivity contribution is -0.114. The largest absolute Gasteiger partial charge is 0.490 e. The number of amidine groups is 2. The molecule has 0 radical (unpaired) electrons. The van der Waals surface area contributed by atoms with E-state index in [2.05, 4.69) is 32.9 Å². The van der Waals surface area contributed by atoms with Gasteiger partial charge in [0.25, 0.3) is 5.91 Å². The van der Waals surface area contributed by atoms with E-state index in [-0.39, 0.29) is 23.8 Å². The second-order valence-electron chi connectivity index (χ2n) is 8.86. The Balaban J connectivity index is 1.51. The highest BCUT2D eigenvalue weighted by Crippen LogP contribution is 2.39. The Kier molecular flexibility index (Phi) is 9.74. The number of ether oxygens (including phenoxy) is 2. The number of hydrogen-bond acceptors (Lipinski definition) is 6. The predicted octanol–water partition coefficient (Wildman–Crippen LogP) is 7.55. The molecule has 7 nitrogen and oxygen atoms in total. The van der Waals surface area contributed by atoms with E-state index < -0.39 is 5.91 Å². The number of halogens is 2. The molecule has 0 aromatic heterocycles. The lowest BCUT2D eigenvalue weighted by Gasteiger charge is -2.20. The van der Waals surface area contributed by atoms with Crippen LogP contribution >= 0.6 is 27.7 Å². The molecule has 2 aliphatic rings. The van der Waals surface area contributed by atoms with Crippen LogP contribution < -0.4 is 9.47 Å². The molecule has 0 unspecified atom stereocenters. The van der Waals surface area contributed by atoms with Crippen molar-refractivity contribution in [3.8, 4) is 11.5 Å². The van der Waals surface area contributed by atoms with Gasteiger partial charge in [-0.05, 0) is 88.9 Å². The lowest BCUT2D eigenvalue weighted by Crippen LogP contribution is -2.35. The third-order valence-corrected chi connectivity index (χ3v) is 7.49. The molecule has 4 rings (SSSR count). The van der Waals surface area contributed by atoms with Crippen LogP contribution in [0.25, 0.3) is 6.08 Å².